The molecule has 0 spiro atoms. The average molecular weight is 315 g/mol. The number of phenols is 2. The van der Waals surface area contributed by atoms with Crippen LogP contribution in [0.15, 0.2) is 18.2 Å². The molecule has 0 unspecified atom stereocenters. The van der Waals surface area contributed by atoms with Crippen LogP contribution in [0, 0.1) is 0 Å². The van der Waals surface area contributed by atoms with Crippen molar-refractivity contribution in [3.8, 4) is 11.5 Å². The van der Waals surface area contributed by atoms with Gasteiger partial charge in [0.15, 0.2) is 0 Å². The van der Waals surface area contributed by atoms with Crippen LogP contribution in [-0.2, 0) is 11.2 Å². The van der Waals surface area contributed by atoms with Crippen molar-refractivity contribution in [3.63, 3.8) is 0 Å². The van der Waals surface area contributed by atoms with Crippen LogP contribution in [0.25, 0.3) is 0 Å². The third-order valence-corrected chi connectivity index (χ3v) is 3.29. The lowest BCUT2D eigenvalue weighted by atomic mass is 10.0. The summed E-state index contributed by atoms with van der Waals surface area (Å²) in [6.07, 6.45) is -4.13. The Kier molecular flexibility index (Phi) is 7.22. The van der Waals surface area contributed by atoms with Gasteiger partial charge in [-0.3, -0.25) is 0 Å². The number of aromatic hydroxyl groups is 2. The fourth-order valence-electron chi connectivity index (χ4n) is 1.93. The minimum absolute atomic E-state index is 0.0727. The molecular weight excluding hydrogens is 294 g/mol. The molecule has 0 aliphatic heterocycles. The topological polar surface area (TPSA) is 150 Å². The van der Waals surface area contributed by atoms with E-state index in [0.29, 0.717) is 18.3 Å². The summed E-state index contributed by atoms with van der Waals surface area (Å²) < 4.78 is 0. The number of hydrogen-bond acceptors (Lipinski definition) is 8. The van der Waals surface area contributed by atoms with E-state index >= 15 is 0 Å². The molecule has 1 aromatic rings. The van der Waals surface area contributed by atoms with E-state index in [4.69, 9.17) is 5.11 Å². The quantitative estimate of drug-likeness (QED) is 0.255. The van der Waals surface area contributed by atoms with Gasteiger partial charge in [-0.05, 0) is 18.1 Å². The molecule has 8 heteroatoms. The average Bonchev–Trinajstić information content (AvgIpc) is 2.51. The van der Waals surface area contributed by atoms with Crippen LogP contribution in [0.2, 0.25) is 0 Å². The first kappa shape index (κ1) is 18.3. The van der Waals surface area contributed by atoms with Crippen molar-refractivity contribution in [1.29, 1.82) is 0 Å². The normalized spacial score (nSPS) is 16.7. The number of aliphatic hydroxyl groups is 4. The van der Waals surface area contributed by atoms with E-state index < -0.39 is 31.0 Å². The van der Waals surface area contributed by atoms with E-state index in [-0.39, 0.29) is 18.0 Å². The molecule has 22 heavy (non-hydrogen) atoms. The minimum Gasteiger partial charge on any atom is -0.508 e. The Bertz CT molecular complexity index is 482. The molecule has 1 aromatic carbocycles. The van der Waals surface area contributed by atoms with E-state index in [1.54, 1.807) is 0 Å². The zero-order valence-electron chi connectivity index (χ0n) is 11.8. The smallest absolute Gasteiger partial charge is 0.139 e. The standard InChI is InChI=1S/C14H21NO7/c16-6-10(13(21)14(22)12(20)7-17)15-4-3-8-1-2-9(18)5-11(8)19/h1-2,5-6,10,12-15,17-22H,3-4,7H2/t10-,12-,13-,14-/m1/s1. The van der Waals surface area contributed by atoms with Gasteiger partial charge in [0.1, 0.15) is 36.1 Å². The van der Waals surface area contributed by atoms with Crippen LogP contribution in [0.1, 0.15) is 5.56 Å². The number of aldehydes is 1. The first-order chi connectivity index (χ1) is 10.4. The second kappa shape index (κ2) is 8.66. The summed E-state index contributed by atoms with van der Waals surface area (Å²) in [5.74, 6) is -0.169. The Morgan fingerprint density at radius 1 is 1.14 bits per heavy atom. The summed E-state index contributed by atoms with van der Waals surface area (Å²) in [5, 5.41) is 58.7. The predicted octanol–water partition coefficient (Wildman–Crippen LogP) is -2.13. The predicted molar refractivity (Wildman–Crippen MR) is 76.4 cm³/mol. The second-order valence-corrected chi connectivity index (χ2v) is 4.91. The molecule has 1 rings (SSSR count). The lowest BCUT2D eigenvalue weighted by Crippen LogP contribution is -2.52. The van der Waals surface area contributed by atoms with Gasteiger partial charge >= 0.3 is 0 Å². The largest absolute Gasteiger partial charge is 0.508 e. The van der Waals surface area contributed by atoms with Gasteiger partial charge in [-0.25, -0.2) is 0 Å². The monoisotopic (exact) mass is 315 g/mol. The highest BCUT2D eigenvalue weighted by Gasteiger charge is 2.30. The van der Waals surface area contributed by atoms with Crippen molar-refractivity contribution in [2.24, 2.45) is 0 Å². The van der Waals surface area contributed by atoms with Crippen molar-refractivity contribution in [3.05, 3.63) is 23.8 Å². The number of hydrogen-bond donors (Lipinski definition) is 7. The highest BCUT2D eigenvalue weighted by atomic mass is 16.4. The van der Waals surface area contributed by atoms with Crippen LogP contribution in [0.4, 0.5) is 0 Å². The lowest BCUT2D eigenvalue weighted by Gasteiger charge is -2.26. The molecule has 0 heterocycles. The fraction of sp³-hybridized carbons (Fsp3) is 0.500. The molecule has 0 fully saturated rings. The van der Waals surface area contributed by atoms with Gasteiger partial charge in [-0.15, -0.1) is 0 Å². The van der Waals surface area contributed by atoms with Crippen LogP contribution in [0.3, 0.4) is 0 Å². The third-order valence-electron chi connectivity index (χ3n) is 3.29. The van der Waals surface area contributed by atoms with Gasteiger partial charge in [0.25, 0.3) is 0 Å². The molecule has 124 valence electrons. The first-order valence-corrected chi connectivity index (χ1v) is 6.75. The minimum atomic E-state index is -1.67. The van der Waals surface area contributed by atoms with Crippen molar-refractivity contribution < 1.29 is 35.4 Å². The highest BCUT2D eigenvalue weighted by molar-refractivity contribution is 5.58. The Labute approximate surface area is 127 Å². The van der Waals surface area contributed by atoms with E-state index in [9.17, 15) is 30.3 Å². The Hall–Kier alpha value is -1.71. The Balaban J connectivity index is 2.55. The number of rotatable bonds is 9. The number of phenolic OH excluding ortho intramolecular Hbond substituents is 2. The van der Waals surface area contributed by atoms with Crippen LogP contribution in [0.5, 0.6) is 11.5 Å². The maximum Gasteiger partial charge on any atom is 0.139 e. The summed E-state index contributed by atoms with van der Waals surface area (Å²) in [5.41, 5.74) is 0.528. The highest BCUT2D eigenvalue weighted by Crippen LogP contribution is 2.22. The van der Waals surface area contributed by atoms with Crippen LogP contribution < -0.4 is 5.32 Å². The zero-order chi connectivity index (χ0) is 16.7. The Morgan fingerprint density at radius 2 is 1.82 bits per heavy atom. The van der Waals surface area contributed by atoms with Gasteiger partial charge in [-0.2, -0.15) is 0 Å². The molecule has 0 aliphatic carbocycles. The summed E-state index contributed by atoms with van der Waals surface area (Å²) >= 11 is 0. The summed E-state index contributed by atoms with van der Waals surface area (Å²) in [6.45, 7) is -0.550. The molecule has 0 radical (unpaired) electrons. The van der Waals surface area contributed by atoms with E-state index in [1.165, 1.54) is 18.2 Å². The number of carbonyl (C=O) groups is 1. The van der Waals surface area contributed by atoms with Gasteiger partial charge in [0, 0.05) is 12.6 Å². The summed E-state index contributed by atoms with van der Waals surface area (Å²) in [7, 11) is 0. The fourth-order valence-corrected chi connectivity index (χ4v) is 1.93. The molecule has 0 aromatic heterocycles. The van der Waals surface area contributed by atoms with Gasteiger partial charge in [0.05, 0.1) is 12.6 Å². The van der Waals surface area contributed by atoms with E-state index in [1.807, 2.05) is 0 Å². The van der Waals surface area contributed by atoms with Crippen molar-refractivity contribution in [2.75, 3.05) is 13.2 Å². The van der Waals surface area contributed by atoms with Crippen LogP contribution >= 0.6 is 0 Å². The first-order valence-electron chi connectivity index (χ1n) is 6.75. The molecule has 4 atom stereocenters. The van der Waals surface area contributed by atoms with Gasteiger partial charge in [-0.1, -0.05) is 6.07 Å². The molecule has 0 saturated heterocycles. The number of carbonyl (C=O) groups excluding carboxylic acids is 1. The van der Waals surface area contributed by atoms with Gasteiger partial charge in [0.2, 0.25) is 0 Å². The maximum absolute atomic E-state index is 11.0. The molecule has 8 nitrogen and oxygen atoms in total. The second-order valence-electron chi connectivity index (χ2n) is 4.91. The zero-order valence-corrected chi connectivity index (χ0v) is 11.8. The molecule has 0 amide bonds. The Morgan fingerprint density at radius 3 is 2.36 bits per heavy atom. The molecule has 0 saturated carbocycles. The van der Waals surface area contributed by atoms with Crippen molar-refractivity contribution in [1.82, 2.24) is 5.32 Å². The lowest BCUT2D eigenvalue weighted by molar-refractivity contribution is -0.120. The maximum atomic E-state index is 11.0. The number of aliphatic hydroxyl groups excluding tert-OH is 4. The van der Waals surface area contributed by atoms with E-state index in [0.717, 1.165) is 0 Å². The van der Waals surface area contributed by atoms with Crippen molar-refractivity contribution >= 4 is 6.29 Å². The van der Waals surface area contributed by atoms with Crippen LogP contribution in [-0.4, -0.2) is 74.4 Å². The molecular formula is C14H21NO7. The van der Waals surface area contributed by atoms with Crippen molar-refractivity contribution in [2.45, 2.75) is 30.8 Å². The summed E-state index contributed by atoms with van der Waals surface area (Å²) in [4.78, 5) is 11.0. The molecule has 0 aliphatic rings. The number of benzene rings is 1. The third kappa shape index (κ3) is 4.93. The molecule has 7 N–H and O–H groups in total. The number of nitrogens with one attached hydrogen (secondary N) is 1. The molecule has 0 bridgehead atoms. The van der Waals surface area contributed by atoms with Gasteiger partial charge < -0.3 is 40.8 Å². The SMILES string of the molecule is O=C[C@@H](NCCc1ccc(O)cc1O)[C@@H](O)[C@H](O)[C@H](O)CO. The van der Waals surface area contributed by atoms with E-state index in [2.05, 4.69) is 5.32 Å². The summed E-state index contributed by atoms with van der Waals surface area (Å²) in [6, 6.07) is 2.96.